The number of nitrogens with zero attached hydrogens (tertiary/aromatic N) is 1. The first-order valence-electron chi connectivity index (χ1n) is 4.72. The Morgan fingerprint density at radius 3 is 3.00 bits per heavy atom. The summed E-state index contributed by atoms with van der Waals surface area (Å²) in [6.45, 7) is 3.01. The van der Waals surface area contributed by atoms with Gasteiger partial charge in [0.1, 0.15) is 0 Å². The molecule has 1 aromatic rings. The molecule has 0 atom stereocenters. The number of hydrogen-bond acceptors (Lipinski definition) is 3. The summed E-state index contributed by atoms with van der Waals surface area (Å²) in [6, 6.07) is 1.71. The summed E-state index contributed by atoms with van der Waals surface area (Å²) in [6.07, 6.45) is 5.38. The van der Waals surface area contributed by atoms with Crippen molar-refractivity contribution in [2.75, 3.05) is 11.9 Å². The van der Waals surface area contributed by atoms with Crippen LogP contribution in [0.2, 0.25) is 0 Å². The van der Waals surface area contributed by atoms with E-state index in [2.05, 4.69) is 17.2 Å². The second-order valence-corrected chi connectivity index (χ2v) is 3.11. The number of amides is 1. The monoisotopic (exact) mass is 193 g/mol. The third-order valence-corrected chi connectivity index (χ3v) is 1.88. The van der Waals surface area contributed by atoms with Crippen molar-refractivity contribution >= 4 is 11.6 Å². The van der Waals surface area contributed by atoms with Gasteiger partial charge in [-0.05, 0) is 12.5 Å². The summed E-state index contributed by atoms with van der Waals surface area (Å²) in [5, 5.41) is 3.17. The Labute approximate surface area is 83.5 Å². The van der Waals surface area contributed by atoms with Gasteiger partial charge in [0.05, 0.1) is 11.3 Å². The highest BCUT2D eigenvalue weighted by molar-refractivity contribution is 5.93. The first kappa shape index (κ1) is 10.5. The van der Waals surface area contributed by atoms with Crippen LogP contribution in [0, 0.1) is 0 Å². The lowest BCUT2D eigenvalue weighted by atomic mass is 10.2. The van der Waals surface area contributed by atoms with Crippen LogP contribution in [0.5, 0.6) is 0 Å². The van der Waals surface area contributed by atoms with Crippen molar-refractivity contribution in [3.05, 3.63) is 24.0 Å². The zero-order valence-corrected chi connectivity index (χ0v) is 8.29. The lowest BCUT2D eigenvalue weighted by Crippen LogP contribution is -2.12. The molecule has 1 rings (SSSR count). The molecule has 3 N–H and O–H groups in total. The standard InChI is InChI=1S/C10H15N3O/c1-2-3-4-13-9-5-8(10(11)14)6-12-7-9/h5-7,13H,2-4H2,1H3,(H2,11,14). The van der Waals surface area contributed by atoms with E-state index in [9.17, 15) is 4.79 Å². The van der Waals surface area contributed by atoms with Gasteiger partial charge in [0.2, 0.25) is 5.91 Å². The molecule has 1 aromatic heterocycles. The van der Waals surface area contributed by atoms with Crippen LogP contribution in [-0.4, -0.2) is 17.4 Å². The first-order chi connectivity index (χ1) is 6.74. The predicted octanol–water partition coefficient (Wildman–Crippen LogP) is 1.39. The fourth-order valence-corrected chi connectivity index (χ4v) is 1.08. The van der Waals surface area contributed by atoms with Crippen LogP contribution in [0.1, 0.15) is 30.1 Å². The Morgan fingerprint density at radius 2 is 2.36 bits per heavy atom. The highest BCUT2D eigenvalue weighted by atomic mass is 16.1. The quantitative estimate of drug-likeness (QED) is 0.694. The maximum atomic E-state index is 10.8. The van der Waals surface area contributed by atoms with Gasteiger partial charge in [0.25, 0.3) is 0 Å². The molecule has 0 spiro atoms. The molecule has 0 aliphatic carbocycles. The van der Waals surface area contributed by atoms with Crippen LogP contribution in [0.3, 0.4) is 0 Å². The number of hydrogen-bond donors (Lipinski definition) is 2. The smallest absolute Gasteiger partial charge is 0.250 e. The molecule has 14 heavy (non-hydrogen) atoms. The zero-order valence-electron chi connectivity index (χ0n) is 8.29. The number of primary amides is 1. The SMILES string of the molecule is CCCCNc1cncc(C(N)=O)c1. The van der Waals surface area contributed by atoms with Gasteiger partial charge >= 0.3 is 0 Å². The normalized spacial score (nSPS) is 9.79. The Morgan fingerprint density at radius 1 is 1.57 bits per heavy atom. The highest BCUT2D eigenvalue weighted by Gasteiger charge is 2.00. The van der Waals surface area contributed by atoms with Crippen LogP contribution < -0.4 is 11.1 Å². The molecule has 0 aromatic carbocycles. The highest BCUT2D eigenvalue weighted by Crippen LogP contribution is 2.07. The maximum Gasteiger partial charge on any atom is 0.250 e. The summed E-state index contributed by atoms with van der Waals surface area (Å²) in [5.41, 5.74) is 6.41. The maximum absolute atomic E-state index is 10.8. The van der Waals surface area contributed by atoms with E-state index in [-0.39, 0.29) is 0 Å². The number of aromatic nitrogens is 1. The molecule has 0 radical (unpaired) electrons. The lowest BCUT2D eigenvalue weighted by Gasteiger charge is -2.05. The number of pyridine rings is 1. The Balaban J connectivity index is 2.59. The molecule has 0 unspecified atom stereocenters. The largest absolute Gasteiger partial charge is 0.384 e. The summed E-state index contributed by atoms with van der Waals surface area (Å²) in [5.74, 6) is -0.448. The molecule has 4 heteroatoms. The third-order valence-electron chi connectivity index (χ3n) is 1.88. The van der Waals surface area contributed by atoms with E-state index in [1.807, 2.05) is 0 Å². The molecule has 1 amide bonds. The first-order valence-corrected chi connectivity index (χ1v) is 4.72. The van der Waals surface area contributed by atoms with Crippen LogP contribution in [0.4, 0.5) is 5.69 Å². The van der Waals surface area contributed by atoms with E-state index in [4.69, 9.17) is 5.73 Å². The van der Waals surface area contributed by atoms with Crippen molar-refractivity contribution < 1.29 is 4.79 Å². The van der Waals surface area contributed by atoms with E-state index < -0.39 is 5.91 Å². The van der Waals surface area contributed by atoms with Crippen molar-refractivity contribution in [2.45, 2.75) is 19.8 Å². The van der Waals surface area contributed by atoms with Gasteiger partial charge in [-0.15, -0.1) is 0 Å². The Hall–Kier alpha value is -1.58. The fraction of sp³-hybridized carbons (Fsp3) is 0.400. The minimum atomic E-state index is -0.448. The number of unbranched alkanes of at least 4 members (excludes halogenated alkanes) is 1. The summed E-state index contributed by atoms with van der Waals surface area (Å²) in [4.78, 5) is 14.8. The van der Waals surface area contributed by atoms with Crippen LogP contribution in [0.15, 0.2) is 18.5 Å². The van der Waals surface area contributed by atoms with E-state index in [1.54, 1.807) is 12.3 Å². The minimum absolute atomic E-state index is 0.437. The number of carbonyl (C=O) groups is 1. The van der Waals surface area contributed by atoms with Crippen molar-refractivity contribution in [1.29, 1.82) is 0 Å². The second-order valence-electron chi connectivity index (χ2n) is 3.11. The molecule has 4 nitrogen and oxygen atoms in total. The number of nitrogens with one attached hydrogen (secondary N) is 1. The van der Waals surface area contributed by atoms with Gasteiger partial charge in [-0.3, -0.25) is 9.78 Å². The average molecular weight is 193 g/mol. The van der Waals surface area contributed by atoms with Gasteiger partial charge in [0, 0.05) is 18.9 Å². The number of rotatable bonds is 5. The van der Waals surface area contributed by atoms with E-state index in [0.717, 1.165) is 25.1 Å². The zero-order chi connectivity index (χ0) is 10.4. The molecular formula is C10H15N3O. The van der Waals surface area contributed by atoms with Crippen LogP contribution in [-0.2, 0) is 0 Å². The number of carbonyl (C=O) groups excluding carboxylic acids is 1. The van der Waals surface area contributed by atoms with Crippen LogP contribution in [0.25, 0.3) is 0 Å². The van der Waals surface area contributed by atoms with Gasteiger partial charge in [0.15, 0.2) is 0 Å². The average Bonchev–Trinajstić information content (AvgIpc) is 2.19. The molecule has 0 aliphatic rings. The molecule has 0 saturated heterocycles. The van der Waals surface area contributed by atoms with Crippen molar-refractivity contribution in [1.82, 2.24) is 4.98 Å². The topological polar surface area (TPSA) is 68.0 Å². The molecule has 1 heterocycles. The van der Waals surface area contributed by atoms with Crippen molar-refractivity contribution in [2.24, 2.45) is 5.73 Å². The van der Waals surface area contributed by atoms with Crippen molar-refractivity contribution in [3.8, 4) is 0 Å². The minimum Gasteiger partial charge on any atom is -0.384 e. The summed E-state index contributed by atoms with van der Waals surface area (Å²) in [7, 11) is 0. The number of anilines is 1. The second kappa shape index (κ2) is 5.21. The molecule has 0 saturated carbocycles. The van der Waals surface area contributed by atoms with E-state index >= 15 is 0 Å². The molecule has 0 bridgehead atoms. The van der Waals surface area contributed by atoms with E-state index in [1.165, 1.54) is 6.20 Å². The third kappa shape index (κ3) is 3.05. The molecular weight excluding hydrogens is 178 g/mol. The summed E-state index contributed by atoms with van der Waals surface area (Å²) >= 11 is 0. The lowest BCUT2D eigenvalue weighted by molar-refractivity contribution is 0.1000. The molecule has 76 valence electrons. The predicted molar refractivity (Wildman–Crippen MR) is 56.2 cm³/mol. The van der Waals surface area contributed by atoms with Gasteiger partial charge in [-0.1, -0.05) is 13.3 Å². The van der Waals surface area contributed by atoms with Crippen molar-refractivity contribution in [3.63, 3.8) is 0 Å². The summed E-state index contributed by atoms with van der Waals surface area (Å²) < 4.78 is 0. The fourth-order valence-electron chi connectivity index (χ4n) is 1.08. The molecule has 0 fully saturated rings. The van der Waals surface area contributed by atoms with E-state index in [0.29, 0.717) is 5.56 Å². The number of nitrogens with two attached hydrogens (primary N) is 1. The Bertz CT molecular complexity index is 312. The van der Waals surface area contributed by atoms with Gasteiger partial charge in [-0.2, -0.15) is 0 Å². The Kier molecular flexibility index (Phi) is 3.91. The van der Waals surface area contributed by atoms with Crippen LogP contribution >= 0.6 is 0 Å². The van der Waals surface area contributed by atoms with Gasteiger partial charge < -0.3 is 11.1 Å². The molecule has 0 aliphatic heterocycles. The van der Waals surface area contributed by atoms with Gasteiger partial charge in [-0.25, -0.2) is 0 Å².